The van der Waals surface area contributed by atoms with E-state index in [1.54, 1.807) is 12.4 Å². The summed E-state index contributed by atoms with van der Waals surface area (Å²) >= 11 is 5.94. The highest BCUT2D eigenvalue weighted by Crippen LogP contribution is 2.38. The van der Waals surface area contributed by atoms with Gasteiger partial charge in [0.05, 0.1) is 33.7 Å². The molecule has 8 nitrogen and oxygen atoms in total. The molecule has 0 bridgehead atoms. The summed E-state index contributed by atoms with van der Waals surface area (Å²) in [4.78, 5) is 21.3. The van der Waals surface area contributed by atoms with Crippen molar-refractivity contribution in [3.63, 3.8) is 0 Å². The molecule has 1 saturated carbocycles. The lowest BCUT2D eigenvalue weighted by molar-refractivity contribution is 0.143. The average molecular weight is 475 g/mol. The van der Waals surface area contributed by atoms with Gasteiger partial charge in [0.15, 0.2) is 5.82 Å². The first-order valence-corrected chi connectivity index (χ1v) is 12.8. The lowest BCUT2D eigenvalue weighted by Crippen LogP contribution is -2.49. The Balaban J connectivity index is 1.47. The number of fused-ring (bicyclic) bond motifs is 1. The van der Waals surface area contributed by atoms with Crippen LogP contribution in [0.2, 0.25) is 5.02 Å². The van der Waals surface area contributed by atoms with Crippen molar-refractivity contribution >= 4 is 39.7 Å². The van der Waals surface area contributed by atoms with Crippen LogP contribution in [0.25, 0.3) is 5.57 Å². The number of aromatic nitrogens is 4. The zero-order valence-corrected chi connectivity index (χ0v) is 19.7. The SMILES string of the molecule is CC1=C(c2ncc(Cl)cn2)CCN(c2nc3c(c(NC4(CO)CCC4)n2)[S@](=O)CCC3)C1. The maximum absolute atomic E-state index is 12.8. The van der Waals surface area contributed by atoms with Gasteiger partial charge < -0.3 is 15.3 Å². The molecule has 0 unspecified atom stereocenters. The summed E-state index contributed by atoms with van der Waals surface area (Å²) in [5.74, 6) is 2.62. The molecular formula is C22H27ClN6O2S. The topological polar surface area (TPSA) is 104 Å². The predicted octanol–water partition coefficient (Wildman–Crippen LogP) is 2.98. The average Bonchev–Trinajstić information content (AvgIpc) is 2.77. The van der Waals surface area contributed by atoms with E-state index in [0.717, 1.165) is 61.2 Å². The fourth-order valence-corrected chi connectivity index (χ4v) is 6.06. The van der Waals surface area contributed by atoms with E-state index in [0.29, 0.717) is 34.9 Å². The van der Waals surface area contributed by atoms with Gasteiger partial charge in [-0.25, -0.2) is 15.0 Å². The van der Waals surface area contributed by atoms with Gasteiger partial charge >= 0.3 is 0 Å². The van der Waals surface area contributed by atoms with Crippen molar-refractivity contribution in [2.24, 2.45) is 0 Å². The number of aliphatic hydroxyl groups excluding tert-OH is 1. The van der Waals surface area contributed by atoms with E-state index in [2.05, 4.69) is 27.1 Å². The molecule has 10 heteroatoms. The molecule has 0 spiro atoms. The summed E-state index contributed by atoms with van der Waals surface area (Å²) in [5, 5.41) is 13.9. The third kappa shape index (κ3) is 4.02. The monoisotopic (exact) mass is 474 g/mol. The molecule has 32 heavy (non-hydrogen) atoms. The lowest BCUT2D eigenvalue weighted by atomic mass is 9.77. The van der Waals surface area contributed by atoms with Gasteiger partial charge in [0.2, 0.25) is 5.95 Å². The molecule has 170 valence electrons. The minimum Gasteiger partial charge on any atom is -0.394 e. The zero-order valence-electron chi connectivity index (χ0n) is 18.1. The van der Waals surface area contributed by atoms with Crippen molar-refractivity contribution in [1.82, 2.24) is 19.9 Å². The molecule has 4 heterocycles. The smallest absolute Gasteiger partial charge is 0.227 e. The number of rotatable bonds is 5. The molecule has 0 aromatic carbocycles. The Labute approximate surface area is 195 Å². The molecule has 5 rings (SSSR count). The summed E-state index contributed by atoms with van der Waals surface area (Å²) < 4.78 is 12.8. The maximum Gasteiger partial charge on any atom is 0.227 e. The second-order valence-electron chi connectivity index (χ2n) is 8.87. The Hall–Kier alpha value is -2.10. The fourth-order valence-electron chi connectivity index (χ4n) is 4.63. The van der Waals surface area contributed by atoms with Gasteiger partial charge in [-0.05, 0) is 56.6 Å². The largest absolute Gasteiger partial charge is 0.394 e. The lowest BCUT2D eigenvalue weighted by Gasteiger charge is -2.42. The number of anilines is 2. The molecule has 2 aromatic rings. The number of hydrogen-bond donors (Lipinski definition) is 2. The Morgan fingerprint density at radius 2 is 2.00 bits per heavy atom. The number of hydrogen-bond acceptors (Lipinski definition) is 8. The summed E-state index contributed by atoms with van der Waals surface area (Å²) in [6.45, 7) is 3.55. The maximum atomic E-state index is 12.8. The minimum atomic E-state index is -1.12. The predicted molar refractivity (Wildman–Crippen MR) is 125 cm³/mol. The van der Waals surface area contributed by atoms with Gasteiger partial charge in [0.1, 0.15) is 10.7 Å². The second-order valence-corrected chi connectivity index (χ2v) is 10.8. The van der Waals surface area contributed by atoms with Crippen molar-refractivity contribution in [3.05, 3.63) is 34.5 Å². The number of aliphatic hydroxyl groups is 1. The molecule has 1 aliphatic carbocycles. The Kier molecular flexibility index (Phi) is 5.90. The van der Waals surface area contributed by atoms with Crippen LogP contribution in [0.5, 0.6) is 0 Å². The van der Waals surface area contributed by atoms with Gasteiger partial charge in [0, 0.05) is 31.2 Å². The van der Waals surface area contributed by atoms with E-state index in [1.165, 1.54) is 5.57 Å². The van der Waals surface area contributed by atoms with Crippen LogP contribution < -0.4 is 10.2 Å². The standard InChI is InChI=1S/C22H27ClN6O2S/c1-14-12-29(8-5-16(14)19-24-10-15(23)11-25-19)21-26-17-4-2-9-32(31)18(17)20(27-21)28-22(13-30)6-3-7-22/h10-11,30H,2-9,12-13H2,1H3,(H,26,27,28)/t32-/m1/s1. The van der Waals surface area contributed by atoms with Crippen molar-refractivity contribution in [2.45, 2.75) is 55.9 Å². The van der Waals surface area contributed by atoms with E-state index in [4.69, 9.17) is 21.6 Å². The molecule has 0 radical (unpaired) electrons. The van der Waals surface area contributed by atoms with Crippen LogP contribution in [0.4, 0.5) is 11.8 Å². The Morgan fingerprint density at radius 1 is 1.22 bits per heavy atom. The highest BCUT2D eigenvalue weighted by atomic mass is 35.5. The second kappa shape index (κ2) is 8.68. The molecule has 2 N–H and O–H groups in total. The molecule has 2 aromatic heterocycles. The van der Waals surface area contributed by atoms with Crippen LogP contribution in [0.3, 0.4) is 0 Å². The first kappa shape index (κ1) is 21.7. The van der Waals surface area contributed by atoms with E-state index in [9.17, 15) is 9.32 Å². The molecular weight excluding hydrogens is 448 g/mol. The highest BCUT2D eigenvalue weighted by molar-refractivity contribution is 7.85. The normalized spacial score (nSPS) is 22.3. The van der Waals surface area contributed by atoms with Crippen LogP contribution in [0, 0.1) is 0 Å². The third-order valence-electron chi connectivity index (χ3n) is 6.64. The first-order valence-electron chi connectivity index (χ1n) is 11.1. The first-order chi connectivity index (χ1) is 15.5. The van der Waals surface area contributed by atoms with Gasteiger partial charge in [-0.15, -0.1) is 0 Å². The van der Waals surface area contributed by atoms with Crippen LogP contribution in [-0.4, -0.2) is 60.2 Å². The zero-order chi connectivity index (χ0) is 22.3. The number of aryl methyl sites for hydroxylation is 1. The van der Waals surface area contributed by atoms with Crippen LogP contribution in [0.1, 0.15) is 50.5 Å². The van der Waals surface area contributed by atoms with Crippen molar-refractivity contribution < 1.29 is 9.32 Å². The number of nitrogens with zero attached hydrogens (tertiary/aromatic N) is 5. The minimum absolute atomic E-state index is 0.0454. The van der Waals surface area contributed by atoms with Crippen molar-refractivity contribution in [1.29, 1.82) is 0 Å². The number of halogens is 1. The molecule has 0 amide bonds. The summed E-state index contributed by atoms with van der Waals surface area (Å²) in [6, 6.07) is 0. The highest BCUT2D eigenvalue weighted by Gasteiger charge is 2.38. The van der Waals surface area contributed by atoms with E-state index in [1.807, 2.05) is 0 Å². The Bertz CT molecular complexity index is 1080. The molecule has 1 atom stereocenters. The third-order valence-corrected chi connectivity index (χ3v) is 8.38. The molecule has 1 fully saturated rings. The van der Waals surface area contributed by atoms with E-state index < -0.39 is 10.8 Å². The van der Waals surface area contributed by atoms with Gasteiger partial charge in [0.25, 0.3) is 0 Å². The summed E-state index contributed by atoms with van der Waals surface area (Å²) in [6.07, 6.45) is 8.53. The molecule has 3 aliphatic rings. The van der Waals surface area contributed by atoms with Gasteiger partial charge in [-0.3, -0.25) is 4.21 Å². The summed E-state index contributed by atoms with van der Waals surface area (Å²) in [5.41, 5.74) is 2.80. The van der Waals surface area contributed by atoms with Gasteiger partial charge in [-0.1, -0.05) is 11.6 Å². The van der Waals surface area contributed by atoms with Crippen LogP contribution in [-0.2, 0) is 17.2 Å². The van der Waals surface area contributed by atoms with Crippen molar-refractivity contribution in [3.8, 4) is 0 Å². The molecule has 2 aliphatic heterocycles. The van der Waals surface area contributed by atoms with Gasteiger partial charge in [-0.2, -0.15) is 4.98 Å². The summed E-state index contributed by atoms with van der Waals surface area (Å²) in [7, 11) is -1.12. The van der Waals surface area contributed by atoms with E-state index in [-0.39, 0.29) is 12.1 Å². The Morgan fingerprint density at radius 3 is 2.66 bits per heavy atom. The molecule has 0 saturated heterocycles. The van der Waals surface area contributed by atoms with E-state index >= 15 is 0 Å². The quantitative estimate of drug-likeness (QED) is 0.681. The number of nitrogens with one attached hydrogen (secondary N) is 1. The van der Waals surface area contributed by atoms with Crippen molar-refractivity contribution in [2.75, 3.05) is 35.7 Å². The fraction of sp³-hybridized carbons (Fsp3) is 0.545. The van der Waals surface area contributed by atoms with Crippen LogP contribution >= 0.6 is 11.6 Å². The van der Waals surface area contributed by atoms with Crippen LogP contribution in [0.15, 0.2) is 22.9 Å².